The van der Waals surface area contributed by atoms with Gasteiger partial charge in [-0.05, 0) is 48.5 Å². The molecule has 0 unspecified atom stereocenters. The van der Waals surface area contributed by atoms with Crippen LogP contribution in [0.5, 0.6) is 11.5 Å². The Bertz CT molecular complexity index is 1220. The second kappa shape index (κ2) is 6.65. The third-order valence-corrected chi connectivity index (χ3v) is 4.91. The molecule has 4 rings (SSSR count). The zero-order valence-electron chi connectivity index (χ0n) is 14.7. The molecule has 0 fully saturated rings. The SMILES string of the molecule is Nc1ccc(O)c2c1C(=O)c1c(O)ccc(NC(=O)c3ccc(Cl)cc3)c1C2=O. The van der Waals surface area contributed by atoms with E-state index in [2.05, 4.69) is 5.32 Å². The number of anilines is 2. The molecular formula is C21H13ClN2O5. The standard InChI is InChI=1S/C21H13ClN2O5/c22-10-3-1-9(2-4-10)21(29)24-12-6-8-14(26)18-16(12)20(28)17-13(25)7-5-11(23)15(17)19(18)27/h1-8,25-26H,23H2,(H,24,29). The van der Waals surface area contributed by atoms with Crippen molar-refractivity contribution in [3.05, 3.63) is 81.4 Å². The highest BCUT2D eigenvalue weighted by atomic mass is 35.5. The lowest BCUT2D eigenvalue weighted by atomic mass is 9.81. The van der Waals surface area contributed by atoms with Gasteiger partial charge in [0.15, 0.2) is 0 Å². The Hall–Kier alpha value is -3.84. The highest BCUT2D eigenvalue weighted by Gasteiger charge is 2.37. The lowest BCUT2D eigenvalue weighted by molar-refractivity contribution is 0.0974. The maximum Gasteiger partial charge on any atom is 0.255 e. The lowest BCUT2D eigenvalue weighted by Crippen LogP contribution is -2.25. The van der Waals surface area contributed by atoms with Crippen LogP contribution < -0.4 is 11.1 Å². The molecule has 0 saturated heterocycles. The van der Waals surface area contributed by atoms with Crippen LogP contribution in [-0.2, 0) is 0 Å². The Balaban J connectivity index is 1.85. The number of ketones is 2. The third-order valence-electron chi connectivity index (χ3n) is 4.66. The number of phenols is 2. The zero-order valence-corrected chi connectivity index (χ0v) is 15.4. The molecule has 8 heteroatoms. The van der Waals surface area contributed by atoms with Gasteiger partial charge in [0.05, 0.1) is 27.9 Å². The Morgan fingerprint density at radius 1 is 0.793 bits per heavy atom. The van der Waals surface area contributed by atoms with E-state index in [1.165, 1.54) is 48.5 Å². The first-order valence-corrected chi connectivity index (χ1v) is 8.81. The number of nitrogens with one attached hydrogen (secondary N) is 1. The van der Waals surface area contributed by atoms with Crippen LogP contribution in [-0.4, -0.2) is 27.7 Å². The maximum atomic E-state index is 13.1. The van der Waals surface area contributed by atoms with Crippen LogP contribution in [0.4, 0.5) is 11.4 Å². The predicted molar refractivity (Wildman–Crippen MR) is 107 cm³/mol. The van der Waals surface area contributed by atoms with Crippen LogP contribution in [0.1, 0.15) is 42.2 Å². The van der Waals surface area contributed by atoms with Gasteiger partial charge in [0, 0.05) is 16.3 Å². The molecule has 0 aliphatic heterocycles. The van der Waals surface area contributed by atoms with Gasteiger partial charge in [-0.3, -0.25) is 14.4 Å². The summed E-state index contributed by atoms with van der Waals surface area (Å²) in [5.41, 5.74) is 5.17. The van der Waals surface area contributed by atoms with Crippen LogP contribution in [0.25, 0.3) is 0 Å². The Labute approximate surface area is 169 Å². The van der Waals surface area contributed by atoms with Gasteiger partial charge in [-0.15, -0.1) is 0 Å². The van der Waals surface area contributed by atoms with Crippen LogP contribution in [0, 0.1) is 0 Å². The van der Waals surface area contributed by atoms with E-state index in [9.17, 15) is 24.6 Å². The number of carbonyl (C=O) groups is 3. The number of halogens is 1. The Morgan fingerprint density at radius 3 is 2.00 bits per heavy atom. The topological polar surface area (TPSA) is 130 Å². The first kappa shape index (κ1) is 18.5. The molecule has 3 aromatic carbocycles. The molecule has 1 amide bonds. The molecule has 5 N–H and O–H groups in total. The summed E-state index contributed by atoms with van der Waals surface area (Å²) < 4.78 is 0. The summed E-state index contributed by atoms with van der Waals surface area (Å²) in [7, 11) is 0. The monoisotopic (exact) mass is 408 g/mol. The fourth-order valence-electron chi connectivity index (χ4n) is 3.29. The van der Waals surface area contributed by atoms with Gasteiger partial charge in [0.2, 0.25) is 11.6 Å². The minimum atomic E-state index is -0.735. The summed E-state index contributed by atoms with van der Waals surface area (Å²) in [6.45, 7) is 0. The highest BCUT2D eigenvalue weighted by molar-refractivity contribution is 6.34. The van der Waals surface area contributed by atoms with Gasteiger partial charge in [-0.25, -0.2) is 0 Å². The molecule has 0 heterocycles. The second-order valence-electron chi connectivity index (χ2n) is 6.43. The molecule has 0 aromatic heterocycles. The smallest absolute Gasteiger partial charge is 0.255 e. The van der Waals surface area contributed by atoms with Gasteiger partial charge in [-0.2, -0.15) is 0 Å². The molecule has 0 spiro atoms. The van der Waals surface area contributed by atoms with E-state index >= 15 is 0 Å². The van der Waals surface area contributed by atoms with E-state index in [1.54, 1.807) is 0 Å². The number of amides is 1. The second-order valence-corrected chi connectivity index (χ2v) is 6.86. The molecule has 144 valence electrons. The zero-order chi connectivity index (χ0) is 20.9. The fraction of sp³-hybridized carbons (Fsp3) is 0. The van der Waals surface area contributed by atoms with Crippen LogP contribution in [0.2, 0.25) is 5.02 Å². The molecule has 29 heavy (non-hydrogen) atoms. The first-order chi connectivity index (χ1) is 13.8. The van der Waals surface area contributed by atoms with Crippen molar-refractivity contribution in [1.29, 1.82) is 0 Å². The summed E-state index contributed by atoms with van der Waals surface area (Å²) in [6.07, 6.45) is 0. The largest absolute Gasteiger partial charge is 0.507 e. The lowest BCUT2D eigenvalue weighted by Gasteiger charge is -2.23. The number of nitrogen functional groups attached to an aromatic ring is 1. The first-order valence-electron chi connectivity index (χ1n) is 8.43. The van der Waals surface area contributed by atoms with E-state index in [4.69, 9.17) is 17.3 Å². The Morgan fingerprint density at radius 2 is 1.34 bits per heavy atom. The average Bonchev–Trinajstić information content (AvgIpc) is 2.69. The van der Waals surface area contributed by atoms with Crippen molar-refractivity contribution < 1.29 is 24.6 Å². The van der Waals surface area contributed by atoms with Crippen molar-refractivity contribution >= 4 is 40.4 Å². The van der Waals surface area contributed by atoms with Crippen LogP contribution in [0.3, 0.4) is 0 Å². The number of aromatic hydroxyl groups is 2. The van der Waals surface area contributed by atoms with E-state index in [0.29, 0.717) is 5.02 Å². The molecule has 1 aliphatic rings. The normalized spacial score (nSPS) is 12.3. The van der Waals surface area contributed by atoms with Gasteiger partial charge in [0.25, 0.3) is 5.91 Å². The fourth-order valence-corrected chi connectivity index (χ4v) is 3.42. The van der Waals surface area contributed by atoms with E-state index in [0.717, 1.165) is 0 Å². The molecule has 3 aromatic rings. The van der Waals surface area contributed by atoms with Crippen molar-refractivity contribution in [2.45, 2.75) is 0 Å². The number of nitrogens with two attached hydrogens (primary N) is 1. The molecule has 0 saturated carbocycles. The summed E-state index contributed by atoms with van der Waals surface area (Å²) in [5.74, 6) is -2.85. The van der Waals surface area contributed by atoms with Crippen LogP contribution >= 0.6 is 11.6 Å². The van der Waals surface area contributed by atoms with Crippen molar-refractivity contribution in [3.63, 3.8) is 0 Å². The Kier molecular flexibility index (Phi) is 4.24. The molecular weight excluding hydrogens is 396 g/mol. The predicted octanol–water partition coefficient (Wildman–Crippen LogP) is 3.36. The minimum absolute atomic E-state index is 0.00296. The number of rotatable bonds is 2. The minimum Gasteiger partial charge on any atom is -0.507 e. The third kappa shape index (κ3) is 2.88. The molecule has 0 atom stereocenters. The number of carbonyl (C=O) groups excluding carboxylic acids is 3. The van der Waals surface area contributed by atoms with Gasteiger partial charge >= 0.3 is 0 Å². The number of phenolic OH excluding ortho intramolecular Hbond substituents is 2. The van der Waals surface area contributed by atoms with Crippen molar-refractivity contribution in [2.75, 3.05) is 11.1 Å². The summed E-state index contributed by atoms with van der Waals surface area (Å²) >= 11 is 5.82. The number of benzene rings is 3. The van der Waals surface area contributed by atoms with Gasteiger partial charge in [-0.1, -0.05) is 11.6 Å². The maximum absolute atomic E-state index is 13.1. The highest BCUT2D eigenvalue weighted by Crippen LogP contribution is 2.41. The van der Waals surface area contributed by atoms with E-state index in [-0.39, 0.29) is 39.2 Å². The number of hydrogen-bond acceptors (Lipinski definition) is 6. The van der Waals surface area contributed by atoms with E-state index < -0.39 is 29.0 Å². The molecule has 7 nitrogen and oxygen atoms in total. The molecule has 0 radical (unpaired) electrons. The number of fused-ring (bicyclic) bond motifs is 2. The summed E-state index contributed by atoms with van der Waals surface area (Å²) in [5, 5.41) is 23.4. The van der Waals surface area contributed by atoms with Crippen molar-refractivity contribution in [2.24, 2.45) is 0 Å². The van der Waals surface area contributed by atoms with Gasteiger partial charge in [0.1, 0.15) is 11.5 Å². The van der Waals surface area contributed by atoms with Gasteiger partial charge < -0.3 is 21.3 Å². The average molecular weight is 409 g/mol. The quantitative estimate of drug-likeness (QED) is 0.297. The van der Waals surface area contributed by atoms with E-state index in [1.807, 2.05) is 0 Å². The summed E-state index contributed by atoms with van der Waals surface area (Å²) in [6, 6.07) is 11.1. The number of hydrogen-bond donors (Lipinski definition) is 4. The summed E-state index contributed by atoms with van der Waals surface area (Å²) in [4.78, 5) is 38.6. The van der Waals surface area contributed by atoms with Crippen LogP contribution in [0.15, 0.2) is 48.5 Å². The van der Waals surface area contributed by atoms with Crippen molar-refractivity contribution in [3.8, 4) is 11.5 Å². The van der Waals surface area contributed by atoms with Crippen molar-refractivity contribution in [1.82, 2.24) is 0 Å². The molecule has 1 aliphatic carbocycles. The molecule has 0 bridgehead atoms.